The molecular weight excluding hydrogens is 336 g/mol. The summed E-state index contributed by atoms with van der Waals surface area (Å²) < 4.78 is 20.6. The molecule has 2 aromatic carbocycles. The molecule has 0 aliphatic rings. The highest BCUT2D eigenvalue weighted by atomic mass is 16.5. The van der Waals surface area contributed by atoms with Gasteiger partial charge in [-0.2, -0.15) is 0 Å². The Morgan fingerprint density at radius 2 is 1.31 bits per heavy atom. The van der Waals surface area contributed by atoms with Crippen LogP contribution < -0.4 is 9.47 Å². The van der Waals surface area contributed by atoms with Crippen LogP contribution in [0.25, 0.3) is 0 Å². The molecule has 0 fully saturated rings. The molecule has 6 nitrogen and oxygen atoms in total. The zero-order valence-electron chi connectivity index (χ0n) is 14.9. The Morgan fingerprint density at radius 1 is 0.731 bits per heavy atom. The summed E-state index contributed by atoms with van der Waals surface area (Å²) in [5, 5.41) is 0. The molecule has 0 spiro atoms. The highest BCUT2D eigenvalue weighted by molar-refractivity contribution is 6.03. The molecule has 0 amide bonds. The van der Waals surface area contributed by atoms with Gasteiger partial charge in [-0.25, -0.2) is 9.59 Å². The summed E-state index contributed by atoms with van der Waals surface area (Å²) in [6.45, 7) is 1.07. The van der Waals surface area contributed by atoms with E-state index in [9.17, 15) is 9.59 Å². The molecule has 0 aliphatic heterocycles. The van der Waals surface area contributed by atoms with Crippen molar-refractivity contribution in [3.8, 4) is 11.5 Å². The number of unbranched alkanes of at least 4 members (excludes halogenated alkanes) is 1. The smallest absolute Gasteiger partial charge is 0.338 e. The topological polar surface area (TPSA) is 71.1 Å². The number of carbonyl (C=O) groups excluding carboxylic acids is 2. The van der Waals surface area contributed by atoms with Crippen molar-refractivity contribution >= 4 is 11.9 Å². The molecule has 26 heavy (non-hydrogen) atoms. The number of para-hydroxylation sites is 1. The number of hydrogen-bond donors (Lipinski definition) is 0. The maximum Gasteiger partial charge on any atom is 0.338 e. The summed E-state index contributed by atoms with van der Waals surface area (Å²) in [4.78, 5) is 23.6. The van der Waals surface area contributed by atoms with Crippen molar-refractivity contribution in [3.05, 3.63) is 59.7 Å². The van der Waals surface area contributed by atoms with Crippen molar-refractivity contribution in [2.24, 2.45) is 0 Å². The lowest BCUT2D eigenvalue weighted by Gasteiger charge is -2.11. The van der Waals surface area contributed by atoms with E-state index in [2.05, 4.69) is 4.74 Å². The van der Waals surface area contributed by atoms with Gasteiger partial charge in [0, 0.05) is 0 Å². The number of carbonyl (C=O) groups is 2. The minimum atomic E-state index is -0.618. The zero-order chi connectivity index (χ0) is 18.8. The zero-order valence-corrected chi connectivity index (χ0v) is 14.9. The molecule has 0 heterocycles. The summed E-state index contributed by atoms with van der Waals surface area (Å²) in [6.07, 6.45) is 1.62. The van der Waals surface area contributed by atoms with Crippen LogP contribution in [0.3, 0.4) is 0 Å². The molecule has 0 N–H and O–H groups in total. The van der Waals surface area contributed by atoms with Gasteiger partial charge in [0.15, 0.2) is 0 Å². The van der Waals surface area contributed by atoms with Crippen LogP contribution in [0.2, 0.25) is 0 Å². The van der Waals surface area contributed by atoms with E-state index in [1.165, 1.54) is 26.4 Å². The van der Waals surface area contributed by atoms with Gasteiger partial charge in [0.1, 0.15) is 11.5 Å². The first-order chi connectivity index (χ1) is 12.7. The fourth-order valence-electron chi connectivity index (χ4n) is 2.28. The third-order valence-electron chi connectivity index (χ3n) is 3.62. The molecule has 0 saturated carbocycles. The normalized spacial score (nSPS) is 10.1. The quantitative estimate of drug-likeness (QED) is 0.505. The summed E-state index contributed by atoms with van der Waals surface area (Å²) in [7, 11) is 2.51. The van der Waals surface area contributed by atoms with Crippen LogP contribution in [0.5, 0.6) is 11.5 Å². The van der Waals surface area contributed by atoms with Gasteiger partial charge in [-0.05, 0) is 43.2 Å². The third kappa shape index (κ3) is 5.51. The molecule has 6 heteroatoms. The van der Waals surface area contributed by atoms with Crippen LogP contribution in [0, 0.1) is 0 Å². The fourth-order valence-corrected chi connectivity index (χ4v) is 2.28. The van der Waals surface area contributed by atoms with E-state index in [4.69, 9.17) is 14.2 Å². The SMILES string of the molecule is COC(=O)c1ccc(OCCCCOc2ccccc2)cc1C(=O)OC. The first-order valence-corrected chi connectivity index (χ1v) is 8.27. The number of esters is 2. The molecule has 2 aromatic rings. The predicted molar refractivity (Wildman–Crippen MR) is 95.8 cm³/mol. The number of hydrogen-bond acceptors (Lipinski definition) is 6. The van der Waals surface area contributed by atoms with Gasteiger partial charge < -0.3 is 18.9 Å². The van der Waals surface area contributed by atoms with Crippen LogP contribution >= 0.6 is 0 Å². The Balaban J connectivity index is 1.83. The summed E-state index contributed by atoms with van der Waals surface area (Å²) in [6, 6.07) is 14.2. The summed E-state index contributed by atoms with van der Waals surface area (Å²) in [5.41, 5.74) is 0.257. The van der Waals surface area contributed by atoms with E-state index >= 15 is 0 Å². The Morgan fingerprint density at radius 3 is 1.92 bits per heavy atom. The van der Waals surface area contributed by atoms with Crippen molar-refractivity contribution in [3.63, 3.8) is 0 Å². The lowest BCUT2D eigenvalue weighted by atomic mass is 10.1. The van der Waals surface area contributed by atoms with Crippen molar-refractivity contribution in [1.29, 1.82) is 0 Å². The average molecular weight is 358 g/mol. The van der Waals surface area contributed by atoms with Gasteiger partial charge in [0.2, 0.25) is 0 Å². The Bertz CT molecular complexity index is 726. The first-order valence-electron chi connectivity index (χ1n) is 8.27. The monoisotopic (exact) mass is 358 g/mol. The fraction of sp³-hybridized carbons (Fsp3) is 0.300. The number of ether oxygens (including phenoxy) is 4. The molecule has 0 aliphatic carbocycles. The number of benzene rings is 2. The minimum Gasteiger partial charge on any atom is -0.494 e. The van der Waals surface area contributed by atoms with Crippen LogP contribution in [-0.2, 0) is 9.47 Å². The van der Waals surface area contributed by atoms with Gasteiger partial charge in [0.05, 0.1) is 38.6 Å². The van der Waals surface area contributed by atoms with E-state index in [1.807, 2.05) is 30.3 Å². The lowest BCUT2D eigenvalue weighted by Crippen LogP contribution is -2.12. The molecule has 0 radical (unpaired) electrons. The summed E-state index contributed by atoms with van der Waals surface area (Å²) >= 11 is 0. The number of methoxy groups -OCH3 is 2. The van der Waals surface area contributed by atoms with Crippen LogP contribution in [0.15, 0.2) is 48.5 Å². The summed E-state index contributed by atoms with van der Waals surface area (Å²) in [5.74, 6) is 0.110. The van der Waals surface area contributed by atoms with Crippen molar-refractivity contribution < 1.29 is 28.5 Å². The molecule has 138 valence electrons. The highest BCUT2D eigenvalue weighted by Gasteiger charge is 2.19. The van der Waals surface area contributed by atoms with Crippen LogP contribution in [0.4, 0.5) is 0 Å². The average Bonchev–Trinajstić information content (AvgIpc) is 2.70. The van der Waals surface area contributed by atoms with Crippen molar-refractivity contribution in [2.75, 3.05) is 27.4 Å². The van der Waals surface area contributed by atoms with E-state index < -0.39 is 11.9 Å². The second kappa shape index (κ2) is 10.1. The van der Waals surface area contributed by atoms with Crippen molar-refractivity contribution in [2.45, 2.75) is 12.8 Å². The van der Waals surface area contributed by atoms with Gasteiger partial charge in [0.25, 0.3) is 0 Å². The van der Waals surface area contributed by atoms with Crippen LogP contribution in [-0.4, -0.2) is 39.4 Å². The molecule has 0 atom stereocenters. The standard InChI is InChI=1S/C20H22O6/c1-23-19(21)17-11-10-16(14-18(17)20(22)24-2)26-13-7-6-12-25-15-8-4-3-5-9-15/h3-5,8-11,14H,6-7,12-13H2,1-2H3. The molecule has 0 unspecified atom stereocenters. The minimum absolute atomic E-state index is 0.115. The highest BCUT2D eigenvalue weighted by Crippen LogP contribution is 2.20. The molecular formula is C20H22O6. The van der Waals surface area contributed by atoms with Gasteiger partial charge in [-0.1, -0.05) is 18.2 Å². The van der Waals surface area contributed by atoms with E-state index in [0.29, 0.717) is 19.0 Å². The van der Waals surface area contributed by atoms with E-state index in [-0.39, 0.29) is 11.1 Å². The van der Waals surface area contributed by atoms with Gasteiger partial charge in [-0.3, -0.25) is 0 Å². The lowest BCUT2D eigenvalue weighted by molar-refractivity contribution is 0.0555. The third-order valence-corrected chi connectivity index (χ3v) is 3.62. The molecule has 0 bridgehead atoms. The Labute approximate surface area is 152 Å². The molecule has 2 rings (SSSR count). The van der Waals surface area contributed by atoms with Gasteiger partial charge >= 0.3 is 11.9 Å². The predicted octanol–water partition coefficient (Wildman–Crippen LogP) is 3.50. The van der Waals surface area contributed by atoms with Crippen LogP contribution in [0.1, 0.15) is 33.6 Å². The second-order valence-corrected chi connectivity index (χ2v) is 5.41. The van der Waals surface area contributed by atoms with Gasteiger partial charge in [-0.15, -0.1) is 0 Å². The van der Waals surface area contributed by atoms with Crippen molar-refractivity contribution in [1.82, 2.24) is 0 Å². The molecule has 0 aromatic heterocycles. The Hall–Kier alpha value is -3.02. The maximum atomic E-state index is 11.9. The van der Waals surface area contributed by atoms with E-state index in [0.717, 1.165) is 18.6 Å². The first kappa shape index (κ1) is 19.3. The number of rotatable bonds is 9. The Kier molecular flexibility index (Phi) is 7.49. The second-order valence-electron chi connectivity index (χ2n) is 5.41. The van der Waals surface area contributed by atoms with E-state index in [1.54, 1.807) is 6.07 Å². The largest absolute Gasteiger partial charge is 0.494 e. The maximum absolute atomic E-state index is 11.9. The molecule has 0 saturated heterocycles.